The second-order valence-corrected chi connectivity index (χ2v) is 4.70. The van der Waals surface area contributed by atoms with Crippen molar-refractivity contribution in [3.8, 4) is 0 Å². The Morgan fingerprint density at radius 3 is 2.18 bits per heavy atom. The molecule has 0 bridgehead atoms. The fourth-order valence-electron chi connectivity index (χ4n) is 1.84. The summed E-state index contributed by atoms with van der Waals surface area (Å²) in [5, 5.41) is 2.46. The smallest absolute Gasteiger partial charge is 0.288 e. The van der Waals surface area contributed by atoms with E-state index >= 15 is 0 Å². The van der Waals surface area contributed by atoms with Gasteiger partial charge in [-0.3, -0.25) is 14.4 Å². The molecule has 22 heavy (non-hydrogen) atoms. The number of hydrogen-bond acceptors (Lipinski definition) is 3. The molecule has 0 aliphatic carbocycles. The molecule has 2 rings (SSSR count). The summed E-state index contributed by atoms with van der Waals surface area (Å²) in [6.45, 7) is 0.218. The Balaban J connectivity index is 1.87. The third kappa shape index (κ3) is 4.34. The van der Waals surface area contributed by atoms with Crippen LogP contribution in [-0.2, 0) is 16.1 Å². The van der Waals surface area contributed by atoms with Crippen molar-refractivity contribution in [3.05, 3.63) is 71.5 Å². The standard InChI is InChI=1S/C17H14FNO3/c18-14-8-6-13(7-9-14)15(20)10-16(21)17(22)19-11-12-4-2-1-3-5-12/h1-9H,10-11H2,(H,19,22). The molecule has 0 atom stereocenters. The van der Waals surface area contributed by atoms with Crippen molar-refractivity contribution in [3.63, 3.8) is 0 Å². The molecule has 0 saturated carbocycles. The maximum Gasteiger partial charge on any atom is 0.288 e. The number of ketones is 2. The number of Topliss-reactive ketones (excluding diaryl/α,β-unsaturated/α-hetero) is 2. The highest BCUT2D eigenvalue weighted by Crippen LogP contribution is 2.06. The Morgan fingerprint density at radius 1 is 0.909 bits per heavy atom. The third-order valence-electron chi connectivity index (χ3n) is 3.04. The Hall–Kier alpha value is -2.82. The van der Waals surface area contributed by atoms with Gasteiger partial charge in [0.15, 0.2) is 5.78 Å². The van der Waals surface area contributed by atoms with Crippen molar-refractivity contribution in [1.82, 2.24) is 5.32 Å². The van der Waals surface area contributed by atoms with E-state index in [-0.39, 0.29) is 12.1 Å². The molecule has 0 fully saturated rings. The van der Waals surface area contributed by atoms with E-state index in [9.17, 15) is 18.8 Å². The zero-order valence-corrected chi connectivity index (χ0v) is 11.7. The first-order chi connectivity index (χ1) is 10.6. The average molecular weight is 299 g/mol. The summed E-state index contributed by atoms with van der Waals surface area (Å²) in [5.74, 6) is -2.60. The first-order valence-corrected chi connectivity index (χ1v) is 6.70. The minimum absolute atomic E-state index is 0.200. The first kappa shape index (κ1) is 15.6. The van der Waals surface area contributed by atoms with E-state index in [1.165, 1.54) is 12.1 Å². The summed E-state index contributed by atoms with van der Waals surface area (Å²) >= 11 is 0. The summed E-state index contributed by atoms with van der Waals surface area (Å²) in [5.41, 5.74) is 1.05. The molecule has 0 aliphatic rings. The minimum atomic E-state index is -0.815. The predicted molar refractivity (Wildman–Crippen MR) is 78.6 cm³/mol. The number of nitrogens with one attached hydrogen (secondary N) is 1. The van der Waals surface area contributed by atoms with Crippen LogP contribution in [0, 0.1) is 5.82 Å². The van der Waals surface area contributed by atoms with Gasteiger partial charge in [-0.25, -0.2) is 4.39 Å². The molecule has 2 aromatic carbocycles. The Labute approximate surface area is 127 Å². The van der Waals surface area contributed by atoms with Crippen LogP contribution >= 0.6 is 0 Å². The van der Waals surface area contributed by atoms with Gasteiger partial charge in [-0.05, 0) is 29.8 Å². The van der Waals surface area contributed by atoms with Gasteiger partial charge in [-0.15, -0.1) is 0 Å². The van der Waals surface area contributed by atoms with Crippen LogP contribution in [0.3, 0.4) is 0 Å². The fourth-order valence-corrected chi connectivity index (χ4v) is 1.84. The summed E-state index contributed by atoms with van der Waals surface area (Å²) in [6, 6.07) is 13.9. The molecule has 112 valence electrons. The fraction of sp³-hybridized carbons (Fsp3) is 0.118. The van der Waals surface area contributed by atoms with Crippen molar-refractivity contribution < 1.29 is 18.8 Å². The zero-order valence-electron chi connectivity index (χ0n) is 11.7. The lowest BCUT2D eigenvalue weighted by atomic mass is 10.1. The minimum Gasteiger partial charge on any atom is -0.345 e. The van der Waals surface area contributed by atoms with Gasteiger partial charge in [0.25, 0.3) is 5.91 Å². The molecule has 5 heteroatoms. The molecule has 0 aliphatic heterocycles. The lowest BCUT2D eigenvalue weighted by Gasteiger charge is -2.04. The van der Waals surface area contributed by atoms with Gasteiger partial charge < -0.3 is 5.32 Å². The van der Waals surface area contributed by atoms with Gasteiger partial charge in [0.05, 0.1) is 6.42 Å². The van der Waals surface area contributed by atoms with Crippen molar-refractivity contribution >= 4 is 17.5 Å². The van der Waals surface area contributed by atoms with Crippen molar-refractivity contribution in [2.24, 2.45) is 0 Å². The Morgan fingerprint density at radius 2 is 1.55 bits per heavy atom. The van der Waals surface area contributed by atoms with Crippen molar-refractivity contribution in [2.45, 2.75) is 13.0 Å². The molecule has 0 unspecified atom stereocenters. The molecule has 2 aromatic rings. The van der Waals surface area contributed by atoms with Crippen LogP contribution < -0.4 is 5.32 Å². The van der Waals surface area contributed by atoms with Crippen LogP contribution in [0.1, 0.15) is 22.3 Å². The molecule has 1 N–H and O–H groups in total. The van der Waals surface area contributed by atoms with Crippen LogP contribution in [-0.4, -0.2) is 17.5 Å². The number of amides is 1. The second kappa shape index (κ2) is 7.26. The zero-order chi connectivity index (χ0) is 15.9. The number of benzene rings is 2. The SMILES string of the molecule is O=C(CC(=O)c1ccc(F)cc1)C(=O)NCc1ccccc1. The largest absolute Gasteiger partial charge is 0.345 e. The molecule has 1 amide bonds. The van der Waals surface area contributed by atoms with Gasteiger partial charge in [-0.1, -0.05) is 30.3 Å². The van der Waals surface area contributed by atoms with Crippen LogP contribution in [0.15, 0.2) is 54.6 Å². The molecule has 0 saturated heterocycles. The van der Waals surface area contributed by atoms with Gasteiger partial charge in [0.2, 0.25) is 5.78 Å². The van der Waals surface area contributed by atoms with Crippen molar-refractivity contribution in [2.75, 3.05) is 0 Å². The molecule has 0 spiro atoms. The van der Waals surface area contributed by atoms with Crippen LogP contribution in [0.4, 0.5) is 4.39 Å². The molecule has 0 heterocycles. The number of halogens is 1. The number of hydrogen-bond donors (Lipinski definition) is 1. The second-order valence-electron chi connectivity index (χ2n) is 4.70. The number of rotatable bonds is 6. The van der Waals surface area contributed by atoms with E-state index in [0.717, 1.165) is 17.7 Å². The van der Waals surface area contributed by atoms with E-state index in [4.69, 9.17) is 0 Å². The van der Waals surface area contributed by atoms with Crippen LogP contribution in [0.2, 0.25) is 0 Å². The lowest BCUT2D eigenvalue weighted by molar-refractivity contribution is -0.137. The van der Waals surface area contributed by atoms with E-state index < -0.39 is 29.7 Å². The molecule has 0 radical (unpaired) electrons. The van der Waals surface area contributed by atoms with Gasteiger partial charge in [-0.2, -0.15) is 0 Å². The molecule has 4 nitrogen and oxygen atoms in total. The highest BCUT2D eigenvalue weighted by Gasteiger charge is 2.18. The summed E-state index contributed by atoms with van der Waals surface area (Å²) < 4.78 is 12.8. The van der Waals surface area contributed by atoms with Crippen LogP contribution in [0.5, 0.6) is 0 Å². The van der Waals surface area contributed by atoms with Gasteiger partial charge >= 0.3 is 0 Å². The Bertz CT molecular complexity index is 681. The number of carbonyl (C=O) groups is 3. The van der Waals surface area contributed by atoms with E-state index in [1.54, 1.807) is 0 Å². The highest BCUT2D eigenvalue weighted by atomic mass is 19.1. The maximum atomic E-state index is 12.8. The number of carbonyl (C=O) groups excluding carboxylic acids is 3. The third-order valence-corrected chi connectivity index (χ3v) is 3.04. The normalized spacial score (nSPS) is 10.0. The average Bonchev–Trinajstić information content (AvgIpc) is 2.54. The van der Waals surface area contributed by atoms with E-state index in [0.29, 0.717) is 0 Å². The topological polar surface area (TPSA) is 63.2 Å². The summed E-state index contributed by atoms with van der Waals surface area (Å²) in [6.07, 6.45) is -0.535. The monoisotopic (exact) mass is 299 g/mol. The first-order valence-electron chi connectivity index (χ1n) is 6.70. The van der Waals surface area contributed by atoms with E-state index in [1.807, 2.05) is 30.3 Å². The quantitative estimate of drug-likeness (QED) is 0.505. The van der Waals surface area contributed by atoms with Crippen molar-refractivity contribution in [1.29, 1.82) is 0 Å². The van der Waals surface area contributed by atoms with Gasteiger partial charge in [0, 0.05) is 12.1 Å². The molecule has 0 aromatic heterocycles. The maximum absolute atomic E-state index is 12.8. The van der Waals surface area contributed by atoms with Gasteiger partial charge in [0.1, 0.15) is 5.82 Å². The molecular formula is C17H14FNO3. The molecular weight excluding hydrogens is 285 g/mol. The lowest BCUT2D eigenvalue weighted by Crippen LogP contribution is -2.31. The van der Waals surface area contributed by atoms with E-state index in [2.05, 4.69) is 5.32 Å². The highest BCUT2D eigenvalue weighted by molar-refractivity contribution is 6.40. The Kier molecular flexibility index (Phi) is 5.14. The summed E-state index contributed by atoms with van der Waals surface area (Å²) in [7, 11) is 0. The predicted octanol–water partition coefficient (Wildman–Crippen LogP) is 2.28. The van der Waals surface area contributed by atoms with Crippen LogP contribution in [0.25, 0.3) is 0 Å². The summed E-state index contributed by atoms with van der Waals surface area (Å²) in [4.78, 5) is 35.2.